The summed E-state index contributed by atoms with van der Waals surface area (Å²) in [4.78, 5) is 11.5. The number of ether oxygens (including phenoxy) is 2. The molecule has 2 atom stereocenters. The van der Waals surface area contributed by atoms with Gasteiger partial charge in [0.2, 0.25) is 0 Å². The molecular formula is C21H32N4O2S. The quantitative estimate of drug-likeness (QED) is 0.505. The fourth-order valence-electron chi connectivity index (χ4n) is 2.64. The molecule has 1 heterocycles. The number of aliphatic imine (C=N–C) groups is 1. The van der Waals surface area contributed by atoms with Gasteiger partial charge in [0.25, 0.3) is 0 Å². The number of hydrogen-bond donors (Lipinski definition) is 1. The van der Waals surface area contributed by atoms with Crippen LogP contribution in [0.15, 0.2) is 34.6 Å². The highest BCUT2D eigenvalue weighted by Gasteiger charge is 2.13. The molecule has 0 radical (unpaired) electrons. The molecule has 0 amide bonds. The molecular weight excluding hydrogens is 372 g/mol. The molecule has 0 fully saturated rings. The first-order valence-electron chi connectivity index (χ1n) is 9.62. The van der Waals surface area contributed by atoms with Gasteiger partial charge in [-0.2, -0.15) is 0 Å². The number of methoxy groups -OCH3 is 1. The second kappa shape index (κ2) is 11.0. The number of thiazole rings is 1. The van der Waals surface area contributed by atoms with E-state index in [1.807, 2.05) is 39.1 Å². The average molecular weight is 405 g/mol. The molecule has 0 saturated carbocycles. The fraction of sp³-hybridized carbons (Fsp3) is 0.524. The molecule has 0 spiro atoms. The van der Waals surface area contributed by atoms with Crippen molar-refractivity contribution in [3.05, 3.63) is 45.9 Å². The molecule has 0 aliphatic rings. The van der Waals surface area contributed by atoms with Crippen molar-refractivity contribution in [2.75, 3.05) is 27.2 Å². The maximum absolute atomic E-state index is 5.99. The van der Waals surface area contributed by atoms with Crippen molar-refractivity contribution in [1.82, 2.24) is 15.2 Å². The monoisotopic (exact) mass is 404 g/mol. The van der Waals surface area contributed by atoms with Crippen LogP contribution >= 0.6 is 11.3 Å². The molecule has 1 N–H and O–H groups in total. The summed E-state index contributed by atoms with van der Waals surface area (Å²) in [6.45, 7) is 10.2. The first kappa shape index (κ1) is 22.2. The van der Waals surface area contributed by atoms with Crippen LogP contribution in [0, 0.1) is 6.92 Å². The van der Waals surface area contributed by atoms with Gasteiger partial charge in [-0.1, -0.05) is 12.1 Å². The zero-order chi connectivity index (χ0) is 20.5. The number of aryl methyl sites for hydroxylation is 1. The summed E-state index contributed by atoms with van der Waals surface area (Å²) in [6.07, 6.45) is 0.00265. The maximum Gasteiger partial charge on any atom is 0.194 e. The van der Waals surface area contributed by atoms with Gasteiger partial charge < -0.3 is 19.7 Å². The lowest BCUT2D eigenvalue weighted by Gasteiger charge is -2.22. The van der Waals surface area contributed by atoms with Crippen molar-refractivity contribution in [3.8, 4) is 5.75 Å². The van der Waals surface area contributed by atoms with Crippen LogP contribution in [-0.4, -0.2) is 49.2 Å². The number of nitrogens with zero attached hydrogens (tertiary/aromatic N) is 3. The topological polar surface area (TPSA) is 59.0 Å². The summed E-state index contributed by atoms with van der Waals surface area (Å²) in [5.41, 5.74) is 2.20. The van der Waals surface area contributed by atoms with Crippen molar-refractivity contribution in [1.29, 1.82) is 0 Å². The van der Waals surface area contributed by atoms with Crippen LogP contribution in [0.2, 0.25) is 0 Å². The number of guanidine groups is 1. The van der Waals surface area contributed by atoms with Crippen molar-refractivity contribution < 1.29 is 9.47 Å². The summed E-state index contributed by atoms with van der Waals surface area (Å²) in [7, 11) is 3.72. The van der Waals surface area contributed by atoms with Crippen molar-refractivity contribution in [3.63, 3.8) is 0 Å². The molecule has 1 aromatic carbocycles. The minimum atomic E-state index is -0.0164. The fourth-order valence-corrected chi connectivity index (χ4v) is 3.49. The van der Waals surface area contributed by atoms with E-state index in [1.165, 1.54) is 5.56 Å². The van der Waals surface area contributed by atoms with Crippen LogP contribution in [0.3, 0.4) is 0 Å². The molecule has 2 rings (SSSR count). The molecule has 28 heavy (non-hydrogen) atoms. The molecule has 0 bridgehead atoms. The number of hydrogen-bond acceptors (Lipinski definition) is 5. The lowest BCUT2D eigenvalue weighted by atomic mass is 10.2. The Morgan fingerprint density at radius 2 is 2.14 bits per heavy atom. The molecule has 0 aliphatic carbocycles. The molecule has 2 unspecified atom stereocenters. The molecule has 0 aliphatic heterocycles. The summed E-state index contributed by atoms with van der Waals surface area (Å²) in [5, 5.41) is 6.41. The Morgan fingerprint density at radius 1 is 1.36 bits per heavy atom. The highest BCUT2D eigenvalue weighted by Crippen LogP contribution is 2.21. The standard InChI is InChI=1S/C21H32N4O2S/c1-7-22-21(23-12-16(3)27-19-10-8-9-15(2)11-19)25(5)13-18-14-28-20(24-18)17(4)26-6/h8-11,14,16-17H,7,12-13H2,1-6H3,(H,22,23). The molecule has 2 aromatic rings. The Labute approximate surface area is 172 Å². The Bertz CT molecular complexity index is 762. The van der Waals surface area contributed by atoms with Crippen LogP contribution in [0.1, 0.15) is 43.1 Å². The second-order valence-electron chi connectivity index (χ2n) is 6.85. The van der Waals surface area contributed by atoms with E-state index < -0.39 is 0 Å². The molecule has 1 aromatic heterocycles. The van der Waals surface area contributed by atoms with Gasteiger partial charge in [-0.3, -0.25) is 0 Å². The van der Waals surface area contributed by atoms with E-state index in [0.29, 0.717) is 13.1 Å². The van der Waals surface area contributed by atoms with Crippen LogP contribution in [0.25, 0.3) is 0 Å². The Hall–Kier alpha value is -2.12. The van der Waals surface area contributed by atoms with Gasteiger partial charge >= 0.3 is 0 Å². The SMILES string of the molecule is CCNC(=NCC(C)Oc1cccc(C)c1)N(C)Cc1csc(C(C)OC)n1. The minimum absolute atomic E-state index is 0.0164. The van der Waals surface area contributed by atoms with Crippen LogP contribution in [0.5, 0.6) is 5.75 Å². The van der Waals surface area contributed by atoms with Gasteiger partial charge in [0.1, 0.15) is 23.0 Å². The summed E-state index contributed by atoms with van der Waals surface area (Å²) < 4.78 is 11.3. The van der Waals surface area contributed by atoms with E-state index in [2.05, 4.69) is 40.5 Å². The molecule has 0 saturated heterocycles. The Balaban J connectivity index is 1.97. The first-order valence-corrected chi connectivity index (χ1v) is 10.5. The molecule has 154 valence electrons. The van der Waals surface area contributed by atoms with E-state index in [4.69, 9.17) is 14.5 Å². The summed E-state index contributed by atoms with van der Waals surface area (Å²) in [6, 6.07) is 8.08. The van der Waals surface area contributed by atoms with Gasteiger partial charge in [-0.25, -0.2) is 9.98 Å². The van der Waals surface area contributed by atoms with E-state index in [0.717, 1.165) is 29.0 Å². The smallest absolute Gasteiger partial charge is 0.194 e. The van der Waals surface area contributed by atoms with Crippen LogP contribution in [0.4, 0.5) is 0 Å². The second-order valence-corrected chi connectivity index (χ2v) is 7.74. The zero-order valence-corrected chi connectivity index (χ0v) is 18.5. The van der Waals surface area contributed by atoms with Gasteiger partial charge in [0, 0.05) is 26.1 Å². The maximum atomic E-state index is 5.99. The normalized spacial score (nSPS) is 13.9. The predicted octanol–water partition coefficient (Wildman–Crippen LogP) is 4.02. The van der Waals surface area contributed by atoms with E-state index in [9.17, 15) is 0 Å². The first-order chi connectivity index (χ1) is 13.4. The average Bonchev–Trinajstić information content (AvgIpc) is 3.12. The van der Waals surface area contributed by atoms with Gasteiger partial charge in [-0.15, -0.1) is 11.3 Å². The highest BCUT2D eigenvalue weighted by atomic mass is 32.1. The molecule has 6 nitrogen and oxygen atoms in total. The summed E-state index contributed by atoms with van der Waals surface area (Å²) >= 11 is 1.63. The lowest BCUT2D eigenvalue weighted by molar-refractivity contribution is 0.119. The van der Waals surface area contributed by atoms with Gasteiger partial charge in [-0.05, 0) is 45.4 Å². The van der Waals surface area contributed by atoms with Crippen LogP contribution < -0.4 is 10.1 Å². The Kier molecular flexibility index (Phi) is 8.73. The summed E-state index contributed by atoms with van der Waals surface area (Å²) in [5.74, 6) is 1.72. The van der Waals surface area contributed by atoms with E-state index in [-0.39, 0.29) is 12.2 Å². The predicted molar refractivity (Wildman–Crippen MR) is 116 cm³/mol. The zero-order valence-electron chi connectivity index (χ0n) is 17.7. The van der Waals surface area contributed by atoms with Crippen molar-refractivity contribution in [2.45, 2.75) is 46.4 Å². The van der Waals surface area contributed by atoms with Crippen LogP contribution in [-0.2, 0) is 11.3 Å². The third-order valence-electron chi connectivity index (χ3n) is 4.19. The minimum Gasteiger partial charge on any atom is -0.489 e. The molecule has 7 heteroatoms. The van der Waals surface area contributed by atoms with Crippen molar-refractivity contribution >= 4 is 17.3 Å². The Morgan fingerprint density at radius 3 is 2.82 bits per heavy atom. The largest absolute Gasteiger partial charge is 0.489 e. The third kappa shape index (κ3) is 6.80. The number of aromatic nitrogens is 1. The van der Waals surface area contributed by atoms with E-state index in [1.54, 1.807) is 18.4 Å². The van der Waals surface area contributed by atoms with Crippen molar-refractivity contribution in [2.24, 2.45) is 4.99 Å². The lowest BCUT2D eigenvalue weighted by Crippen LogP contribution is -2.39. The number of rotatable bonds is 9. The van der Waals surface area contributed by atoms with E-state index >= 15 is 0 Å². The van der Waals surface area contributed by atoms with Gasteiger partial charge in [0.15, 0.2) is 5.96 Å². The highest BCUT2D eigenvalue weighted by molar-refractivity contribution is 7.09. The third-order valence-corrected chi connectivity index (χ3v) is 5.25. The number of benzene rings is 1. The number of nitrogens with one attached hydrogen (secondary N) is 1. The van der Waals surface area contributed by atoms with Gasteiger partial charge in [0.05, 0.1) is 18.8 Å².